The molecule has 3 aromatic carbocycles. The first kappa shape index (κ1) is 24.6. The summed E-state index contributed by atoms with van der Waals surface area (Å²) in [7, 11) is 0. The van der Waals surface area contributed by atoms with Gasteiger partial charge in [-0.15, -0.1) is 0 Å². The maximum absolute atomic E-state index is 13.3. The van der Waals surface area contributed by atoms with Crippen LogP contribution < -0.4 is 4.90 Å². The van der Waals surface area contributed by atoms with Crippen LogP contribution in [0.4, 0.5) is 5.69 Å². The van der Waals surface area contributed by atoms with Crippen molar-refractivity contribution < 1.29 is 4.79 Å². The maximum Gasteiger partial charge on any atom is 0.227 e. The first-order valence-corrected chi connectivity index (χ1v) is 12.5. The van der Waals surface area contributed by atoms with Crippen molar-refractivity contribution in [1.29, 1.82) is 0 Å². The predicted molar refractivity (Wildman–Crippen MR) is 143 cm³/mol. The first-order valence-electron chi connectivity index (χ1n) is 11.8. The van der Waals surface area contributed by atoms with Crippen molar-refractivity contribution in [1.82, 2.24) is 4.90 Å². The average Bonchev–Trinajstić information content (AvgIpc) is 2.79. The minimum atomic E-state index is -0.00145. The van der Waals surface area contributed by atoms with Gasteiger partial charge in [-0.25, -0.2) is 0 Å². The summed E-state index contributed by atoms with van der Waals surface area (Å²) in [6.45, 7) is 10.6. The quantitative estimate of drug-likeness (QED) is 0.381. The summed E-state index contributed by atoms with van der Waals surface area (Å²) in [5, 5.41) is 1.43. The second-order valence-corrected chi connectivity index (χ2v) is 11.0. The van der Waals surface area contributed by atoms with E-state index in [2.05, 4.69) is 62.1 Å². The summed E-state index contributed by atoms with van der Waals surface area (Å²) in [6, 6.07) is 22.5. The van der Waals surface area contributed by atoms with Gasteiger partial charge in [0, 0.05) is 24.7 Å². The van der Waals surface area contributed by atoms with E-state index < -0.39 is 0 Å². The Bertz CT molecular complexity index is 1150. The Labute approximate surface area is 213 Å². The Hall–Kier alpha value is -2.49. The molecule has 3 nitrogen and oxygen atoms in total. The lowest BCUT2D eigenvalue weighted by Crippen LogP contribution is -2.51. The van der Waals surface area contributed by atoms with Gasteiger partial charge in [0.2, 0.25) is 5.91 Å². The number of rotatable bonds is 4. The van der Waals surface area contributed by atoms with Gasteiger partial charge in [-0.2, -0.15) is 0 Å². The van der Waals surface area contributed by atoms with Crippen LogP contribution in [0.25, 0.3) is 0 Å². The van der Waals surface area contributed by atoms with Crippen LogP contribution in [0.3, 0.4) is 0 Å². The fourth-order valence-electron chi connectivity index (χ4n) is 4.52. The topological polar surface area (TPSA) is 23.6 Å². The normalized spacial score (nSPS) is 16.6. The summed E-state index contributed by atoms with van der Waals surface area (Å²) in [5.74, 6) is 0.150. The summed E-state index contributed by atoms with van der Waals surface area (Å²) in [6.07, 6.45) is 0.406. The van der Waals surface area contributed by atoms with Gasteiger partial charge >= 0.3 is 0 Å². The van der Waals surface area contributed by atoms with E-state index in [1.54, 1.807) is 0 Å². The second kappa shape index (κ2) is 10.0. The number of benzene rings is 3. The minimum absolute atomic E-state index is 0.00145. The van der Waals surface area contributed by atoms with Crippen molar-refractivity contribution in [2.24, 2.45) is 0 Å². The van der Waals surface area contributed by atoms with Crippen LogP contribution in [-0.4, -0.2) is 30.4 Å². The largest absolute Gasteiger partial charge is 0.360 e. The van der Waals surface area contributed by atoms with E-state index >= 15 is 0 Å². The molecule has 1 amide bonds. The number of anilines is 1. The lowest BCUT2D eigenvalue weighted by atomic mass is 9.86. The minimum Gasteiger partial charge on any atom is -0.360 e. The zero-order chi connectivity index (χ0) is 24.5. The molecule has 4 rings (SSSR count). The monoisotopic (exact) mass is 494 g/mol. The van der Waals surface area contributed by atoms with E-state index in [4.69, 9.17) is 23.2 Å². The molecule has 1 atom stereocenters. The van der Waals surface area contributed by atoms with Crippen LogP contribution in [0, 0.1) is 6.92 Å². The Morgan fingerprint density at radius 1 is 0.941 bits per heavy atom. The van der Waals surface area contributed by atoms with Crippen LogP contribution in [0.2, 0.25) is 10.0 Å². The predicted octanol–water partition coefficient (Wildman–Crippen LogP) is 7.23. The summed E-state index contributed by atoms with van der Waals surface area (Å²) < 4.78 is 0. The highest BCUT2D eigenvalue weighted by Crippen LogP contribution is 2.36. The summed E-state index contributed by atoms with van der Waals surface area (Å²) in [5.41, 5.74) is 5.66. The molecule has 0 aliphatic carbocycles. The molecule has 0 N–H and O–H groups in total. The molecule has 178 valence electrons. The van der Waals surface area contributed by atoms with Gasteiger partial charge < -0.3 is 9.80 Å². The molecular formula is C29H32Cl2N2O. The molecule has 5 heteroatoms. The Balaban J connectivity index is 1.55. The van der Waals surface area contributed by atoms with Crippen molar-refractivity contribution >= 4 is 34.8 Å². The van der Waals surface area contributed by atoms with Gasteiger partial charge in [-0.3, -0.25) is 4.79 Å². The Kier molecular flexibility index (Phi) is 7.25. The molecule has 1 heterocycles. The number of piperazine rings is 1. The number of hydrogen-bond acceptors (Lipinski definition) is 2. The van der Waals surface area contributed by atoms with Crippen molar-refractivity contribution in [2.45, 2.75) is 45.6 Å². The van der Waals surface area contributed by atoms with Crippen molar-refractivity contribution in [3.05, 3.63) is 99.0 Å². The Morgan fingerprint density at radius 3 is 2.24 bits per heavy atom. The average molecular weight is 495 g/mol. The third-order valence-corrected chi connectivity index (χ3v) is 7.13. The highest BCUT2D eigenvalue weighted by molar-refractivity contribution is 6.33. The summed E-state index contributed by atoms with van der Waals surface area (Å²) in [4.78, 5) is 17.6. The molecule has 1 aliphatic heterocycles. The van der Waals surface area contributed by atoms with Crippen LogP contribution in [0.1, 0.15) is 49.1 Å². The standard InChI is InChI=1S/C29H32Cl2N2O/c1-20-5-14-26(25(31)17-20)33-16-15-32(19-27(33)22-8-12-24(30)13-9-22)28(34)18-21-6-10-23(11-7-21)29(2,3)4/h5-14,17,27H,15-16,18-19H2,1-4H3. The zero-order valence-corrected chi connectivity index (χ0v) is 21.8. The molecule has 1 fully saturated rings. The highest BCUT2D eigenvalue weighted by atomic mass is 35.5. The second-order valence-electron chi connectivity index (χ2n) is 10.2. The Morgan fingerprint density at radius 2 is 1.62 bits per heavy atom. The third kappa shape index (κ3) is 5.59. The van der Waals surface area contributed by atoms with E-state index in [0.717, 1.165) is 27.4 Å². The van der Waals surface area contributed by atoms with E-state index in [9.17, 15) is 4.79 Å². The number of amides is 1. The molecule has 0 saturated carbocycles. The number of hydrogen-bond donors (Lipinski definition) is 0. The number of aryl methyl sites for hydroxylation is 1. The molecule has 0 bridgehead atoms. The van der Waals surface area contributed by atoms with Crippen LogP contribution in [0.15, 0.2) is 66.7 Å². The van der Waals surface area contributed by atoms with E-state index in [-0.39, 0.29) is 17.4 Å². The fraction of sp³-hybridized carbons (Fsp3) is 0.345. The third-order valence-electron chi connectivity index (χ3n) is 6.58. The van der Waals surface area contributed by atoms with Gasteiger partial charge in [-0.05, 0) is 58.9 Å². The number of carbonyl (C=O) groups excluding carboxylic acids is 1. The van der Waals surface area contributed by atoms with Crippen molar-refractivity contribution in [3.63, 3.8) is 0 Å². The zero-order valence-electron chi connectivity index (χ0n) is 20.3. The van der Waals surface area contributed by atoms with E-state index in [1.807, 2.05) is 42.2 Å². The van der Waals surface area contributed by atoms with Gasteiger partial charge in [0.25, 0.3) is 0 Å². The van der Waals surface area contributed by atoms with Gasteiger partial charge in [0.05, 0.1) is 23.2 Å². The number of nitrogens with zero attached hydrogens (tertiary/aromatic N) is 2. The molecule has 0 aromatic heterocycles. The highest BCUT2D eigenvalue weighted by Gasteiger charge is 2.32. The van der Waals surface area contributed by atoms with Crippen LogP contribution in [0.5, 0.6) is 0 Å². The molecule has 0 radical (unpaired) electrons. The van der Waals surface area contributed by atoms with Crippen molar-refractivity contribution in [2.75, 3.05) is 24.5 Å². The van der Waals surface area contributed by atoms with Crippen LogP contribution >= 0.6 is 23.2 Å². The first-order chi connectivity index (χ1) is 16.1. The number of carbonyl (C=O) groups is 1. The molecule has 1 aliphatic rings. The lowest BCUT2D eigenvalue weighted by molar-refractivity contribution is -0.131. The summed E-state index contributed by atoms with van der Waals surface area (Å²) >= 11 is 12.8. The fourth-order valence-corrected chi connectivity index (χ4v) is 4.99. The molecule has 1 saturated heterocycles. The number of halogens is 2. The molecule has 0 spiro atoms. The van der Waals surface area contributed by atoms with Gasteiger partial charge in [-0.1, -0.05) is 86.4 Å². The van der Waals surface area contributed by atoms with Crippen molar-refractivity contribution in [3.8, 4) is 0 Å². The smallest absolute Gasteiger partial charge is 0.227 e. The van der Waals surface area contributed by atoms with Crippen LogP contribution in [-0.2, 0) is 16.6 Å². The van der Waals surface area contributed by atoms with Gasteiger partial charge in [0.15, 0.2) is 0 Å². The maximum atomic E-state index is 13.3. The van der Waals surface area contributed by atoms with E-state index in [1.165, 1.54) is 5.56 Å². The lowest BCUT2D eigenvalue weighted by Gasteiger charge is -2.43. The van der Waals surface area contributed by atoms with E-state index in [0.29, 0.717) is 31.1 Å². The molecular weight excluding hydrogens is 463 g/mol. The molecule has 34 heavy (non-hydrogen) atoms. The van der Waals surface area contributed by atoms with Gasteiger partial charge in [0.1, 0.15) is 0 Å². The molecule has 1 unspecified atom stereocenters. The SMILES string of the molecule is Cc1ccc(N2CCN(C(=O)Cc3ccc(C(C)(C)C)cc3)CC2c2ccc(Cl)cc2)c(Cl)c1. The molecule has 3 aromatic rings.